The van der Waals surface area contributed by atoms with Gasteiger partial charge in [0.2, 0.25) is 0 Å². The first-order chi connectivity index (χ1) is 7.59. The Bertz CT molecular complexity index is 581. The molecule has 2 N–H and O–H groups in total. The van der Waals surface area contributed by atoms with Gasteiger partial charge < -0.3 is 9.63 Å². The van der Waals surface area contributed by atoms with Gasteiger partial charge in [0.15, 0.2) is 0 Å². The quantitative estimate of drug-likeness (QED) is 0.586. The van der Waals surface area contributed by atoms with Crippen molar-refractivity contribution in [3.8, 4) is 17.1 Å². The number of aromatic nitrogens is 1. The van der Waals surface area contributed by atoms with Gasteiger partial charge in [-0.05, 0) is 17.7 Å². The number of nitro groups is 1. The molecule has 0 aliphatic rings. The molecule has 1 heterocycles. The summed E-state index contributed by atoms with van der Waals surface area (Å²) in [4.78, 5) is 21.1. The van der Waals surface area contributed by atoms with E-state index in [-0.39, 0.29) is 11.3 Å². The van der Waals surface area contributed by atoms with Crippen molar-refractivity contribution in [2.45, 2.75) is 0 Å². The normalized spacial score (nSPS) is 10.2. The van der Waals surface area contributed by atoms with Crippen LogP contribution in [0.25, 0.3) is 11.1 Å². The van der Waals surface area contributed by atoms with Crippen LogP contribution in [-0.4, -0.2) is 15.2 Å². The summed E-state index contributed by atoms with van der Waals surface area (Å²) in [6.07, 6.45) is 0. The topological polar surface area (TPSA) is 109 Å². The number of hydrogen-bond donors (Lipinski definition) is 2. The molecule has 2 rings (SSSR count). The van der Waals surface area contributed by atoms with Crippen LogP contribution in [0.1, 0.15) is 0 Å². The highest BCUT2D eigenvalue weighted by molar-refractivity contribution is 5.67. The van der Waals surface area contributed by atoms with Gasteiger partial charge in [0.05, 0.1) is 4.92 Å². The molecular formula is C9H6N2O5. The largest absolute Gasteiger partial charge is 0.479 e. The van der Waals surface area contributed by atoms with E-state index in [2.05, 4.69) is 4.52 Å². The summed E-state index contributed by atoms with van der Waals surface area (Å²) in [6, 6.07) is 5.19. The summed E-state index contributed by atoms with van der Waals surface area (Å²) in [5, 5.41) is 21.6. The Morgan fingerprint density at radius 1 is 1.31 bits per heavy atom. The third-order valence-electron chi connectivity index (χ3n) is 2.05. The van der Waals surface area contributed by atoms with E-state index in [1.165, 1.54) is 24.3 Å². The second-order valence-electron chi connectivity index (χ2n) is 3.02. The fourth-order valence-electron chi connectivity index (χ4n) is 1.30. The molecule has 2 aromatic rings. The number of aromatic hydroxyl groups is 1. The van der Waals surface area contributed by atoms with Gasteiger partial charge >= 0.3 is 5.95 Å². The van der Waals surface area contributed by atoms with Crippen LogP contribution in [0.3, 0.4) is 0 Å². The fraction of sp³-hybridized carbons (Fsp3) is 0. The maximum atomic E-state index is 11.2. The van der Waals surface area contributed by atoms with Gasteiger partial charge in [-0.15, -0.1) is 0 Å². The average molecular weight is 222 g/mol. The van der Waals surface area contributed by atoms with Gasteiger partial charge in [-0.1, -0.05) is 0 Å². The number of non-ortho nitro benzene ring substituents is 1. The maximum Gasteiger partial charge on any atom is 0.317 e. The summed E-state index contributed by atoms with van der Waals surface area (Å²) in [5.74, 6) is -0.543. The van der Waals surface area contributed by atoms with E-state index in [9.17, 15) is 20.0 Å². The molecule has 0 aliphatic carbocycles. The summed E-state index contributed by atoms with van der Waals surface area (Å²) in [7, 11) is 0. The minimum Gasteiger partial charge on any atom is -0.479 e. The van der Waals surface area contributed by atoms with Crippen molar-refractivity contribution in [2.75, 3.05) is 0 Å². The Labute approximate surface area is 88.1 Å². The van der Waals surface area contributed by atoms with Crippen LogP contribution in [0, 0.1) is 10.1 Å². The van der Waals surface area contributed by atoms with Crippen LogP contribution in [0.15, 0.2) is 33.6 Å². The number of aromatic amines is 1. The predicted octanol–water partition coefficient (Wildman–Crippen LogP) is 1.25. The first-order valence-corrected chi connectivity index (χ1v) is 4.25. The molecule has 0 fully saturated rings. The Kier molecular flexibility index (Phi) is 2.20. The Morgan fingerprint density at radius 2 is 1.94 bits per heavy atom. The van der Waals surface area contributed by atoms with Crippen molar-refractivity contribution >= 4 is 5.69 Å². The van der Waals surface area contributed by atoms with E-state index in [4.69, 9.17) is 0 Å². The summed E-state index contributed by atoms with van der Waals surface area (Å²) < 4.78 is 4.41. The van der Waals surface area contributed by atoms with Crippen molar-refractivity contribution in [3.63, 3.8) is 0 Å². The number of rotatable bonds is 2. The molecule has 0 saturated carbocycles. The number of H-pyrrole nitrogens is 1. The standard InChI is InChI=1S/C9H6N2O5/c12-8-7(9(13)16-10-8)5-1-3-6(4-2-5)11(14)15/h1-4,13H,(H,10,12). The second-order valence-corrected chi connectivity index (χ2v) is 3.02. The minimum absolute atomic E-state index is 0.0464. The van der Waals surface area contributed by atoms with E-state index in [1.54, 1.807) is 0 Å². The molecule has 82 valence electrons. The fourth-order valence-corrected chi connectivity index (χ4v) is 1.30. The Hall–Kier alpha value is -2.57. The second kappa shape index (κ2) is 3.54. The van der Waals surface area contributed by atoms with Crippen molar-refractivity contribution in [1.82, 2.24) is 5.16 Å². The molecule has 0 aliphatic heterocycles. The zero-order valence-corrected chi connectivity index (χ0v) is 7.84. The molecule has 0 saturated heterocycles. The van der Waals surface area contributed by atoms with Crippen LogP contribution < -0.4 is 5.56 Å². The monoisotopic (exact) mass is 222 g/mol. The predicted molar refractivity (Wildman–Crippen MR) is 53.1 cm³/mol. The summed E-state index contributed by atoms with van der Waals surface area (Å²) in [6.45, 7) is 0. The lowest BCUT2D eigenvalue weighted by atomic mass is 10.1. The smallest absolute Gasteiger partial charge is 0.317 e. The van der Waals surface area contributed by atoms with E-state index in [0.29, 0.717) is 5.56 Å². The van der Waals surface area contributed by atoms with E-state index in [0.717, 1.165) is 0 Å². The number of hydrogen-bond acceptors (Lipinski definition) is 5. The molecule has 0 atom stereocenters. The number of nitrogens with one attached hydrogen (secondary N) is 1. The van der Waals surface area contributed by atoms with Gasteiger partial charge in [-0.3, -0.25) is 14.9 Å². The lowest BCUT2D eigenvalue weighted by Gasteiger charge is -1.95. The number of nitrogens with zero attached hydrogens (tertiary/aromatic N) is 1. The molecule has 0 radical (unpaired) electrons. The van der Waals surface area contributed by atoms with Crippen LogP contribution in [-0.2, 0) is 0 Å². The van der Waals surface area contributed by atoms with Crippen LogP contribution >= 0.6 is 0 Å². The molecule has 0 unspecified atom stereocenters. The third kappa shape index (κ3) is 1.54. The first kappa shape index (κ1) is 9.97. The van der Waals surface area contributed by atoms with E-state index >= 15 is 0 Å². The lowest BCUT2D eigenvalue weighted by Crippen LogP contribution is -2.00. The molecule has 0 amide bonds. The molecule has 1 aromatic heterocycles. The molecule has 1 aromatic carbocycles. The molecular weight excluding hydrogens is 216 g/mol. The summed E-state index contributed by atoms with van der Waals surface area (Å²) in [5.41, 5.74) is -0.387. The molecule has 0 spiro atoms. The van der Waals surface area contributed by atoms with Gasteiger partial charge in [-0.2, -0.15) is 5.16 Å². The third-order valence-corrected chi connectivity index (χ3v) is 2.05. The summed E-state index contributed by atoms with van der Waals surface area (Å²) >= 11 is 0. The zero-order valence-electron chi connectivity index (χ0n) is 7.84. The Morgan fingerprint density at radius 3 is 2.38 bits per heavy atom. The molecule has 7 heteroatoms. The van der Waals surface area contributed by atoms with E-state index in [1.807, 2.05) is 5.16 Å². The average Bonchev–Trinajstić information content (AvgIpc) is 2.59. The Balaban J connectivity index is 2.50. The highest BCUT2D eigenvalue weighted by atomic mass is 16.6. The van der Waals surface area contributed by atoms with Gasteiger partial charge in [0, 0.05) is 12.1 Å². The number of nitro benzene ring substituents is 1. The molecule has 7 nitrogen and oxygen atoms in total. The van der Waals surface area contributed by atoms with Crippen LogP contribution in [0.5, 0.6) is 5.95 Å². The minimum atomic E-state index is -0.591. The number of benzene rings is 1. The van der Waals surface area contributed by atoms with Crippen molar-refractivity contribution in [3.05, 3.63) is 44.7 Å². The van der Waals surface area contributed by atoms with Gasteiger partial charge in [0.1, 0.15) is 5.56 Å². The van der Waals surface area contributed by atoms with Gasteiger partial charge in [0.25, 0.3) is 11.2 Å². The molecule has 16 heavy (non-hydrogen) atoms. The molecule has 0 bridgehead atoms. The van der Waals surface area contributed by atoms with Crippen molar-refractivity contribution < 1.29 is 14.6 Å². The van der Waals surface area contributed by atoms with E-state index < -0.39 is 16.4 Å². The highest BCUT2D eigenvalue weighted by Gasteiger charge is 2.14. The van der Waals surface area contributed by atoms with Crippen LogP contribution in [0.2, 0.25) is 0 Å². The zero-order chi connectivity index (χ0) is 11.7. The van der Waals surface area contributed by atoms with Crippen molar-refractivity contribution in [1.29, 1.82) is 0 Å². The van der Waals surface area contributed by atoms with Gasteiger partial charge in [-0.25, -0.2) is 0 Å². The highest BCUT2D eigenvalue weighted by Crippen LogP contribution is 2.26. The first-order valence-electron chi connectivity index (χ1n) is 4.25. The SMILES string of the molecule is O=c1[nH]oc(O)c1-c1ccc([N+](=O)[O-])cc1. The van der Waals surface area contributed by atoms with Crippen molar-refractivity contribution in [2.24, 2.45) is 0 Å². The lowest BCUT2D eigenvalue weighted by molar-refractivity contribution is -0.384. The van der Waals surface area contributed by atoms with Crippen LogP contribution in [0.4, 0.5) is 5.69 Å². The maximum absolute atomic E-state index is 11.2.